The van der Waals surface area contributed by atoms with Crippen molar-refractivity contribution >= 4 is 5.97 Å². The third kappa shape index (κ3) is 2.19. The average Bonchev–Trinajstić information content (AvgIpc) is 2.75. The summed E-state index contributed by atoms with van der Waals surface area (Å²) >= 11 is 0. The lowest BCUT2D eigenvalue weighted by atomic mass is 10.2. The molecule has 15 heavy (non-hydrogen) atoms. The van der Waals surface area contributed by atoms with E-state index in [1.807, 2.05) is 0 Å². The molecule has 3 N–H and O–H groups in total. The van der Waals surface area contributed by atoms with Crippen LogP contribution in [-0.2, 0) is 6.54 Å². The molecule has 1 saturated heterocycles. The summed E-state index contributed by atoms with van der Waals surface area (Å²) in [5.41, 5.74) is 6.01. The van der Waals surface area contributed by atoms with Gasteiger partial charge in [0.15, 0.2) is 0 Å². The maximum Gasteiger partial charge on any atom is 0.339 e. The van der Waals surface area contributed by atoms with E-state index in [2.05, 4.69) is 4.90 Å². The molecule has 1 aromatic rings. The van der Waals surface area contributed by atoms with Crippen LogP contribution in [0.1, 0.15) is 22.5 Å². The summed E-state index contributed by atoms with van der Waals surface area (Å²) in [5.74, 6) is -0.432. The van der Waals surface area contributed by atoms with E-state index < -0.39 is 5.97 Å². The van der Waals surface area contributed by atoms with Gasteiger partial charge in [0.05, 0.1) is 12.8 Å². The van der Waals surface area contributed by atoms with Crippen molar-refractivity contribution < 1.29 is 14.3 Å². The molecule has 82 valence electrons. The molecule has 2 rings (SSSR count). The minimum atomic E-state index is -0.942. The Labute approximate surface area is 87.5 Å². The number of hydrogen-bond donors (Lipinski definition) is 2. The van der Waals surface area contributed by atoms with Crippen LogP contribution in [-0.4, -0.2) is 35.1 Å². The van der Waals surface area contributed by atoms with Crippen molar-refractivity contribution in [3.63, 3.8) is 0 Å². The van der Waals surface area contributed by atoms with Gasteiger partial charge in [0.25, 0.3) is 0 Å². The van der Waals surface area contributed by atoms with Gasteiger partial charge in [-0.1, -0.05) is 0 Å². The summed E-state index contributed by atoms with van der Waals surface area (Å²) in [5, 5.41) is 8.88. The molecule has 0 amide bonds. The highest BCUT2D eigenvalue weighted by molar-refractivity contribution is 5.88. The molecule has 0 spiro atoms. The fourth-order valence-electron chi connectivity index (χ4n) is 1.86. The lowest BCUT2D eigenvalue weighted by Gasteiger charge is -2.13. The molecule has 0 radical (unpaired) electrons. The van der Waals surface area contributed by atoms with Gasteiger partial charge < -0.3 is 15.3 Å². The fourth-order valence-corrected chi connectivity index (χ4v) is 1.86. The number of nitrogens with zero attached hydrogens (tertiary/aromatic N) is 1. The molecule has 1 aromatic heterocycles. The Bertz CT molecular complexity index is 361. The quantitative estimate of drug-likeness (QED) is 0.759. The first kappa shape index (κ1) is 10.2. The summed E-state index contributed by atoms with van der Waals surface area (Å²) in [6.45, 7) is 2.24. The van der Waals surface area contributed by atoms with Crippen molar-refractivity contribution in [2.24, 2.45) is 5.73 Å². The van der Waals surface area contributed by atoms with E-state index in [9.17, 15) is 4.79 Å². The second-order valence-electron chi connectivity index (χ2n) is 3.85. The lowest BCUT2D eigenvalue weighted by molar-refractivity contribution is 0.0693. The van der Waals surface area contributed by atoms with Crippen LogP contribution in [0.4, 0.5) is 0 Å². The standard InChI is InChI=1S/C10H14N2O3/c11-7-1-3-12(5-7)6-9-8(10(13)14)2-4-15-9/h2,4,7H,1,3,5-6,11H2,(H,13,14). The lowest BCUT2D eigenvalue weighted by Crippen LogP contribution is -2.26. The molecule has 1 atom stereocenters. The minimum absolute atomic E-state index is 0.202. The van der Waals surface area contributed by atoms with Gasteiger partial charge in [-0.05, 0) is 12.5 Å². The highest BCUT2D eigenvalue weighted by Gasteiger charge is 2.22. The second-order valence-corrected chi connectivity index (χ2v) is 3.85. The normalized spacial score (nSPS) is 22.1. The maximum atomic E-state index is 10.8. The average molecular weight is 210 g/mol. The van der Waals surface area contributed by atoms with Gasteiger partial charge in [-0.3, -0.25) is 4.90 Å². The summed E-state index contributed by atoms with van der Waals surface area (Å²) in [4.78, 5) is 12.9. The van der Waals surface area contributed by atoms with Gasteiger partial charge in [0.2, 0.25) is 0 Å². The number of likely N-dealkylation sites (tertiary alicyclic amines) is 1. The van der Waals surface area contributed by atoms with Crippen LogP contribution in [0.15, 0.2) is 16.7 Å². The monoisotopic (exact) mass is 210 g/mol. The Morgan fingerprint density at radius 2 is 2.53 bits per heavy atom. The number of furan rings is 1. The second kappa shape index (κ2) is 4.04. The van der Waals surface area contributed by atoms with E-state index in [0.717, 1.165) is 19.5 Å². The molecule has 0 bridgehead atoms. The first-order chi connectivity index (χ1) is 7.16. The van der Waals surface area contributed by atoms with Gasteiger partial charge in [-0.2, -0.15) is 0 Å². The molecule has 2 heterocycles. The number of aromatic carboxylic acids is 1. The first-order valence-corrected chi connectivity index (χ1v) is 4.94. The molecule has 1 fully saturated rings. The summed E-state index contributed by atoms with van der Waals surface area (Å²) in [6, 6.07) is 1.68. The summed E-state index contributed by atoms with van der Waals surface area (Å²) < 4.78 is 5.16. The number of hydrogen-bond acceptors (Lipinski definition) is 4. The van der Waals surface area contributed by atoms with Crippen LogP contribution >= 0.6 is 0 Å². The first-order valence-electron chi connectivity index (χ1n) is 4.94. The predicted molar refractivity (Wildman–Crippen MR) is 53.5 cm³/mol. The summed E-state index contributed by atoms with van der Waals surface area (Å²) in [7, 11) is 0. The Balaban J connectivity index is 2.04. The number of nitrogens with two attached hydrogens (primary N) is 1. The van der Waals surface area contributed by atoms with Gasteiger partial charge in [0, 0.05) is 19.1 Å². The Hall–Kier alpha value is -1.33. The molecule has 5 nitrogen and oxygen atoms in total. The molecule has 0 aromatic carbocycles. The Morgan fingerprint density at radius 1 is 1.73 bits per heavy atom. The summed E-state index contributed by atoms with van der Waals surface area (Å²) in [6.07, 6.45) is 2.37. The fraction of sp³-hybridized carbons (Fsp3) is 0.500. The zero-order chi connectivity index (χ0) is 10.8. The van der Waals surface area contributed by atoms with E-state index >= 15 is 0 Å². The van der Waals surface area contributed by atoms with Crippen molar-refractivity contribution in [2.75, 3.05) is 13.1 Å². The molecular weight excluding hydrogens is 196 g/mol. The highest BCUT2D eigenvalue weighted by Crippen LogP contribution is 2.16. The van der Waals surface area contributed by atoms with E-state index in [4.69, 9.17) is 15.3 Å². The molecule has 1 aliphatic rings. The van der Waals surface area contributed by atoms with E-state index in [1.165, 1.54) is 12.3 Å². The number of carboxylic acid groups (broad SMARTS) is 1. The van der Waals surface area contributed by atoms with Crippen LogP contribution in [0.25, 0.3) is 0 Å². The zero-order valence-corrected chi connectivity index (χ0v) is 8.35. The van der Waals surface area contributed by atoms with Crippen LogP contribution in [0.3, 0.4) is 0 Å². The van der Waals surface area contributed by atoms with E-state index in [1.54, 1.807) is 0 Å². The van der Waals surface area contributed by atoms with Crippen molar-refractivity contribution in [2.45, 2.75) is 19.0 Å². The van der Waals surface area contributed by atoms with Crippen LogP contribution < -0.4 is 5.73 Å². The van der Waals surface area contributed by atoms with Crippen LogP contribution in [0.5, 0.6) is 0 Å². The van der Waals surface area contributed by atoms with Crippen LogP contribution in [0.2, 0.25) is 0 Å². The van der Waals surface area contributed by atoms with E-state index in [-0.39, 0.29) is 11.6 Å². The van der Waals surface area contributed by atoms with E-state index in [0.29, 0.717) is 12.3 Å². The SMILES string of the molecule is NC1CCN(Cc2occc2C(=O)O)C1. The molecular formula is C10H14N2O3. The molecule has 1 unspecified atom stereocenters. The van der Waals surface area contributed by atoms with Gasteiger partial charge in [0.1, 0.15) is 11.3 Å². The Morgan fingerprint density at radius 3 is 3.13 bits per heavy atom. The van der Waals surface area contributed by atoms with Crippen molar-refractivity contribution in [3.05, 3.63) is 23.7 Å². The topological polar surface area (TPSA) is 79.7 Å². The third-order valence-corrected chi connectivity index (χ3v) is 2.65. The molecule has 0 aliphatic carbocycles. The molecule has 1 aliphatic heterocycles. The third-order valence-electron chi connectivity index (χ3n) is 2.65. The molecule has 0 saturated carbocycles. The zero-order valence-electron chi connectivity index (χ0n) is 8.35. The highest BCUT2D eigenvalue weighted by atomic mass is 16.4. The molecule has 5 heteroatoms. The number of rotatable bonds is 3. The van der Waals surface area contributed by atoms with Gasteiger partial charge in [-0.25, -0.2) is 4.79 Å². The van der Waals surface area contributed by atoms with Crippen molar-refractivity contribution in [1.82, 2.24) is 4.90 Å². The van der Waals surface area contributed by atoms with Gasteiger partial charge in [-0.15, -0.1) is 0 Å². The van der Waals surface area contributed by atoms with Crippen molar-refractivity contribution in [3.8, 4) is 0 Å². The van der Waals surface area contributed by atoms with Crippen molar-refractivity contribution in [1.29, 1.82) is 0 Å². The smallest absolute Gasteiger partial charge is 0.339 e. The Kier molecular flexibility index (Phi) is 2.75. The predicted octanol–water partition coefficient (Wildman–Crippen LogP) is 0.511. The largest absolute Gasteiger partial charge is 0.478 e. The van der Waals surface area contributed by atoms with Gasteiger partial charge >= 0.3 is 5.97 Å². The number of carbonyl (C=O) groups is 1. The minimum Gasteiger partial charge on any atom is -0.478 e. The number of carboxylic acids is 1. The van der Waals surface area contributed by atoms with Crippen LogP contribution in [0, 0.1) is 0 Å². The maximum absolute atomic E-state index is 10.8.